The summed E-state index contributed by atoms with van der Waals surface area (Å²) in [5, 5.41) is 43.0. The number of ether oxygens (including phenoxy) is 2. The number of aromatic amines is 1. The lowest BCUT2D eigenvalue weighted by Crippen LogP contribution is -2.58. The Labute approximate surface area is 211 Å². The summed E-state index contributed by atoms with van der Waals surface area (Å²) in [5.41, 5.74) is 7.10. The summed E-state index contributed by atoms with van der Waals surface area (Å²) in [6, 6.07) is 0. The van der Waals surface area contributed by atoms with Crippen LogP contribution in [0.5, 0.6) is 0 Å². The number of nitrogens with one attached hydrogen (secondary N) is 1. The number of azide groups is 1. The minimum atomic E-state index is -5.57. The number of H-pyrrole nitrogens is 1. The largest absolute Gasteiger partial charge is 0.483 e. The van der Waals surface area contributed by atoms with Gasteiger partial charge in [0.1, 0.15) is 30.6 Å². The van der Waals surface area contributed by atoms with Gasteiger partial charge in [0.2, 0.25) is 0 Å². The standard InChI is InChI=1S/C16H25N5O15P2/c1-6-4-21(16(27)19-14(6)26)10-2-7(22)9(33-10)5-32-37(28,29)36-38(30,31)35-15-13(25)12(24)11(23)8(34-15)3-18-20-17/h4,7-13,15,22-25H,2-3,5H2,1H3,(H,28,29)(H,30,31)(H,19,26,27)/t7-,8+,9+,10+,11+,12-,13+,15-/m0/s1. The van der Waals surface area contributed by atoms with E-state index in [-0.39, 0.29) is 12.0 Å². The van der Waals surface area contributed by atoms with E-state index in [0.29, 0.717) is 0 Å². The van der Waals surface area contributed by atoms with Crippen LogP contribution in [0.1, 0.15) is 18.2 Å². The third-order valence-corrected chi connectivity index (χ3v) is 8.10. The van der Waals surface area contributed by atoms with Crippen molar-refractivity contribution in [3.05, 3.63) is 43.0 Å². The van der Waals surface area contributed by atoms with Crippen LogP contribution in [0.15, 0.2) is 20.9 Å². The van der Waals surface area contributed by atoms with Crippen LogP contribution >= 0.6 is 15.6 Å². The summed E-state index contributed by atoms with van der Waals surface area (Å²) >= 11 is 0. The van der Waals surface area contributed by atoms with Gasteiger partial charge in [-0.1, -0.05) is 5.11 Å². The van der Waals surface area contributed by atoms with E-state index in [1.54, 1.807) is 0 Å². The van der Waals surface area contributed by atoms with Crippen molar-refractivity contribution < 1.29 is 62.2 Å². The van der Waals surface area contributed by atoms with Crippen molar-refractivity contribution in [2.75, 3.05) is 13.2 Å². The summed E-state index contributed by atoms with van der Waals surface area (Å²) < 4.78 is 49.2. The minimum Gasteiger partial charge on any atom is -0.390 e. The highest BCUT2D eigenvalue weighted by atomic mass is 31.3. The van der Waals surface area contributed by atoms with E-state index in [2.05, 4.69) is 28.4 Å². The van der Waals surface area contributed by atoms with Gasteiger partial charge in [0, 0.05) is 23.1 Å². The molecule has 20 nitrogen and oxygen atoms in total. The second kappa shape index (κ2) is 12.0. The molecule has 2 saturated heterocycles. The van der Waals surface area contributed by atoms with Gasteiger partial charge in [-0.3, -0.25) is 23.4 Å². The monoisotopic (exact) mass is 589 g/mol. The third kappa shape index (κ3) is 7.35. The Balaban J connectivity index is 1.60. The number of aromatic nitrogens is 2. The average molecular weight is 589 g/mol. The Morgan fingerprint density at radius 3 is 2.47 bits per heavy atom. The predicted octanol–water partition coefficient (Wildman–Crippen LogP) is -2.14. The van der Waals surface area contributed by atoms with Crippen molar-refractivity contribution in [3.8, 4) is 0 Å². The van der Waals surface area contributed by atoms with Crippen LogP contribution in [0, 0.1) is 6.92 Å². The van der Waals surface area contributed by atoms with Crippen molar-refractivity contribution >= 4 is 15.6 Å². The van der Waals surface area contributed by atoms with Gasteiger partial charge < -0.3 is 39.7 Å². The number of hydrogen-bond donors (Lipinski definition) is 7. The molecule has 38 heavy (non-hydrogen) atoms. The van der Waals surface area contributed by atoms with Crippen molar-refractivity contribution in [2.24, 2.45) is 5.11 Å². The molecule has 3 rings (SSSR count). The van der Waals surface area contributed by atoms with Gasteiger partial charge in [-0.2, -0.15) is 4.31 Å². The van der Waals surface area contributed by atoms with Crippen molar-refractivity contribution in [2.45, 2.75) is 62.5 Å². The highest BCUT2D eigenvalue weighted by molar-refractivity contribution is 7.61. The highest BCUT2D eigenvalue weighted by Gasteiger charge is 2.48. The first-order chi connectivity index (χ1) is 17.6. The molecule has 2 unspecified atom stereocenters. The van der Waals surface area contributed by atoms with E-state index in [0.717, 1.165) is 4.57 Å². The molecule has 0 bridgehead atoms. The number of hydrogen-bond acceptors (Lipinski definition) is 14. The quantitative estimate of drug-likeness (QED) is 0.0663. The maximum Gasteiger partial charge on any atom is 0.483 e. The molecule has 2 aliphatic heterocycles. The number of aliphatic hydroxyl groups excluding tert-OH is 4. The third-order valence-electron chi connectivity index (χ3n) is 5.50. The molecule has 214 valence electrons. The SMILES string of the molecule is Cc1cn([C@H]2C[C@H](O)[C@@H](COP(=O)(O)OP(=O)(O)O[C@@H]3O[C@H](CN=[N+]=[N-])[C@@H](O)[C@H](O)[C@H]3O)O2)c(=O)[nH]c1=O. The maximum atomic E-state index is 12.3. The van der Waals surface area contributed by atoms with E-state index < -0.39 is 89.2 Å². The zero-order valence-corrected chi connectivity index (χ0v) is 21.1. The van der Waals surface area contributed by atoms with Crippen molar-refractivity contribution in [1.82, 2.24) is 9.55 Å². The Hall–Kier alpha value is -1.99. The first-order valence-corrected chi connectivity index (χ1v) is 13.7. The van der Waals surface area contributed by atoms with Crippen LogP contribution in [-0.4, -0.2) is 95.8 Å². The van der Waals surface area contributed by atoms with Crippen molar-refractivity contribution in [1.29, 1.82) is 0 Å². The average Bonchev–Trinajstić information content (AvgIpc) is 3.19. The van der Waals surface area contributed by atoms with Gasteiger partial charge in [-0.25, -0.2) is 13.9 Å². The highest BCUT2D eigenvalue weighted by Crippen LogP contribution is 2.61. The zero-order valence-electron chi connectivity index (χ0n) is 19.4. The second-order valence-corrected chi connectivity index (χ2v) is 11.3. The Morgan fingerprint density at radius 1 is 1.13 bits per heavy atom. The molecule has 2 fully saturated rings. The molecule has 2 aliphatic rings. The molecule has 22 heteroatoms. The number of nitrogens with zero attached hydrogens (tertiary/aromatic N) is 4. The summed E-state index contributed by atoms with van der Waals surface area (Å²) in [4.78, 5) is 47.8. The summed E-state index contributed by atoms with van der Waals surface area (Å²) in [7, 11) is -11.0. The fourth-order valence-electron chi connectivity index (χ4n) is 3.58. The molecule has 1 aromatic rings. The molecule has 0 aliphatic carbocycles. The fraction of sp³-hybridized carbons (Fsp3) is 0.750. The van der Waals surface area contributed by atoms with Crippen LogP contribution in [0.3, 0.4) is 0 Å². The van der Waals surface area contributed by atoms with Crippen LogP contribution in [-0.2, 0) is 32.0 Å². The molecule has 0 spiro atoms. The van der Waals surface area contributed by atoms with Gasteiger partial charge >= 0.3 is 21.3 Å². The first kappa shape index (κ1) is 30.6. The number of phosphoric ester groups is 2. The smallest absolute Gasteiger partial charge is 0.390 e. The number of rotatable bonds is 10. The van der Waals surface area contributed by atoms with Gasteiger partial charge in [-0.05, 0) is 12.5 Å². The van der Waals surface area contributed by atoms with Gasteiger partial charge in [0.05, 0.1) is 25.4 Å². The van der Waals surface area contributed by atoms with Gasteiger partial charge in [0.15, 0.2) is 6.29 Å². The summed E-state index contributed by atoms with van der Waals surface area (Å²) in [5.74, 6) is 0. The normalized spacial score (nSPS) is 34.7. The Bertz CT molecular complexity index is 1270. The number of aliphatic hydroxyl groups is 4. The van der Waals surface area contributed by atoms with E-state index in [1.165, 1.54) is 13.1 Å². The Kier molecular flexibility index (Phi) is 9.67. The molecule has 10 atom stereocenters. The van der Waals surface area contributed by atoms with E-state index in [4.69, 9.17) is 15.0 Å². The summed E-state index contributed by atoms with van der Waals surface area (Å²) in [6.45, 7) is -0.0187. The number of phosphoric acid groups is 2. The first-order valence-electron chi connectivity index (χ1n) is 10.7. The van der Waals surface area contributed by atoms with Gasteiger partial charge in [-0.15, -0.1) is 0 Å². The molecule has 0 radical (unpaired) electrons. The predicted molar refractivity (Wildman–Crippen MR) is 119 cm³/mol. The lowest BCUT2D eigenvalue weighted by molar-refractivity contribution is -0.272. The zero-order chi connectivity index (χ0) is 28.4. The molecule has 0 aromatic carbocycles. The Morgan fingerprint density at radius 2 is 1.82 bits per heavy atom. The maximum absolute atomic E-state index is 12.3. The van der Waals surface area contributed by atoms with Crippen LogP contribution in [0.25, 0.3) is 10.4 Å². The van der Waals surface area contributed by atoms with E-state index in [1.807, 2.05) is 0 Å². The number of aryl methyl sites for hydroxylation is 1. The molecule has 1 aromatic heterocycles. The summed E-state index contributed by atoms with van der Waals surface area (Å²) in [6.07, 6.45) is -12.3. The molecular formula is C16H25N5O15P2. The lowest BCUT2D eigenvalue weighted by atomic mass is 9.99. The molecule has 0 amide bonds. The molecule has 3 heterocycles. The van der Waals surface area contributed by atoms with Crippen LogP contribution < -0.4 is 11.2 Å². The topological polar surface area (TPSA) is 305 Å². The lowest BCUT2D eigenvalue weighted by Gasteiger charge is -2.39. The second-order valence-electron chi connectivity index (χ2n) is 8.26. The van der Waals surface area contributed by atoms with Crippen molar-refractivity contribution in [3.63, 3.8) is 0 Å². The molecule has 7 N–H and O–H groups in total. The fourth-order valence-corrected chi connectivity index (χ4v) is 5.74. The molecular weight excluding hydrogens is 564 g/mol. The minimum absolute atomic E-state index is 0.174. The van der Waals surface area contributed by atoms with Gasteiger partial charge in [0.25, 0.3) is 5.56 Å². The van der Waals surface area contributed by atoms with E-state index in [9.17, 15) is 48.9 Å². The van der Waals surface area contributed by atoms with E-state index >= 15 is 0 Å². The van der Waals surface area contributed by atoms with Crippen LogP contribution in [0.4, 0.5) is 0 Å². The molecule has 0 saturated carbocycles. The van der Waals surface area contributed by atoms with Crippen LogP contribution in [0.2, 0.25) is 0 Å².